The third-order valence-corrected chi connectivity index (χ3v) is 4.56. The highest BCUT2D eigenvalue weighted by molar-refractivity contribution is 5.05. The van der Waals surface area contributed by atoms with Crippen molar-refractivity contribution in [2.75, 3.05) is 26.3 Å². The number of H-pyrrole nitrogens is 1. The van der Waals surface area contributed by atoms with E-state index in [2.05, 4.69) is 14.9 Å². The second-order valence-electron chi connectivity index (χ2n) is 6.30. The van der Waals surface area contributed by atoms with Crippen LogP contribution in [0.5, 0.6) is 0 Å². The summed E-state index contributed by atoms with van der Waals surface area (Å²) in [7, 11) is 0. The largest absolute Gasteiger partial charge is 0.389 e. The van der Waals surface area contributed by atoms with Crippen molar-refractivity contribution >= 4 is 0 Å². The normalized spacial score (nSPS) is 27.6. The van der Waals surface area contributed by atoms with Crippen LogP contribution in [0.15, 0.2) is 6.20 Å². The lowest BCUT2D eigenvalue weighted by molar-refractivity contribution is -0.0761. The van der Waals surface area contributed by atoms with Gasteiger partial charge in [0.05, 0.1) is 24.9 Å². The Balaban J connectivity index is 1.72. The zero-order chi connectivity index (χ0) is 14.0. The predicted molar refractivity (Wildman–Crippen MR) is 76.5 cm³/mol. The van der Waals surface area contributed by atoms with Crippen LogP contribution in [0.4, 0.5) is 0 Å². The summed E-state index contributed by atoms with van der Waals surface area (Å²) in [6.07, 6.45) is 7.25. The number of rotatable bonds is 3. The Kier molecular flexibility index (Phi) is 4.10. The van der Waals surface area contributed by atoms with Gasteiger partial charge in [-0.15, -0.1) is 0 Å². The molecule has 0 radical (unpaired) electrons. The summed E-state index contributed by atoms with van der Waals surface area (Å²) in [4.78, 5) is 10.1. The molecule has 1 atom stereocenters. The average molecular weight is 279 g/mol. The molecule has 20 heavy (non-hydrogen) atoms. The summed E-state index contributed by atoms with van der Waals surface area (Å²) in [6, 6.07) is 0.142. The second-order valence-corrected chi connectivity index (χ2v) is 6.30. The van der Waals surface area contributed by atoms with Crippen molar-refractivity contribution in [2.24, 2.45) is 0 Å². The number of hydrogen-bond acceptors (Lipinski definition) is 4. The summed E-state index contributed by atoms with van der Waals surface area (Å²) < 4.78 is 5.61. The summed E-state index contributed by atoms with van der Waals surface area (Å²) >= 11 is 0. The van der Waals surface area contributed by atoms with Crippen LogP contribution in [-0.2, 0) is 4.74 Å². The second kappa shape index (κ2) is 5.84. The minimum atomic E-state index is -0.518. The summed E-state index contributed by atoms with van der Waals surface area (Å²) in [5.74, 6) is 0.960. The van der Waals surface area contributed by atoms with Crippen molar-refractivity contribution in [2.45, 2.75) is 50.7 Å². The van der Waals surface area contributed by atoms with Gasteiger partial charge in [-0.05, 0) is 19.8 Å². The third kappa shape index (κ3) is 3.05. The van der Waals surface area contributed by atoms with Crippen LogP contribution in [0.1, 0.15) is 49.7 Å². The van der Waals surface area contributed by atoms with Crippen molar-refractivity contribution < 1.29 is 9.84 Å². The van der Waals surface area contributed by atoms with Gasteiger partial charge in [0, 0.05) is 25.0 Å². The highest BCUT2D eigenvalue weighted by Gasteiger charge is 2.36. The number of imidazole rings is 1. The highest BCUT2D eigenvalue weighted by Crippen LogP contribution is 2.32. The van der Waals surface area contributed by atoms with E-state index in [1.165, 1.54) is 6.42 Å². The molecule has 1 aliphatic carbocycles. The molecule has 5 heteroatoms. The molecule has 1 aromatic heterocycles. The third-order valence-electron chi connectivity index (χ3n) is 4.56. The van der Waals surface area contributed by atoms with Gasteiger partial charge in [0.25, 0.3) is 0 Å². The number of β-amino-alcohol motifs (C(OH)–C–C–N with tert-alkyl or cyclic N) is 1. The molecule has 2 heterocycles. The molecule has 0 aromatic carbocycles. The number of aromatic amines is 1. The fraction of sp³-hybridized carbons (Fsp3) is 0.800. The lowest BCUT2D eigenvalue weighted by Crippen LogP contribution is -2.49. The van der Waals surface area contributed by atoms with Crippen molar-refractivity contribution in [3.8, 4) is 0 Å². The maximum Gasteiger partial charge on any atom is 0.126 e. The maximum absolute atomic E-state index is 10.8. The Hall–Kier alpha value is -0.910. The molecule has 0 spiro atoms. The highest BCUT2D eigenvalue weighted by atomic mass is 16.5. The molecule has 1 aliphatic heterocycles. The van der Waals surface area contributed by atoms with Crippen LogP contribution in [0.2, 0.25) is 0 Å². The van der Waals surface area contributed by atoms with Gasteiger partial charge in [0.15, 0.2) is 0 Å². The van der Waals surface area contributed by atoms with Gasteiger partial charge in [-0.3, -0.25) is 4.90 Å². The summed E-state index contributed by atoms with van der Waals surface area (Å²) in [5.41, 5.74) is 0.553. The first-order chi connectivity index (χ1) is 9.66. The van der Waals surface area contributed by atoms with Gasteiger partial charge in [-0.2, -0.15) is 0 Å². The molecule has 0 amide bonds. The standard InChI is InChI=1S/C15H25N3O2/c1-12-9-16-14(17-12)13-10-20-8-7-18(13)11-15(19)5-3-2-4-6-15/h9,13,19H,2-8,10-11H2,1H3,(H,16,17). The zero-order valence-corrected chi connectivity index (χ0v) is 12.3. The van der Waals surface area contributed by atoms with E-state index in [0.29, 0.717) is 6.61 Å². The number of hydrogen-bond donors (Lipinski definition) is 2. The topological polar surface area (TPSA) is 61.4 Å². The monoisotopic (exact) mass is 279 g/mol. The van der Waals surface area contributed by atoms with Gasteiger partial charge >= 0.3 is 0 Å². The molecule has 1 unspecified atom stereocenters. The van der Waals surface area contributed by atoms with E-state index >= 15 is 0 Å². The number of ether oxygens (including phenoxy) is 1. The van der Waals surface area contributed by atoms with Crippen molar-refractivity contribution in [1.29, 1.82) is 0 Å². The van der Waals surface area contributed by atoms with Crippen molar-refractivity contribution in [1.82, 2.24) is 14.9 Å². The van der Waals surface area contributed by atoms with Gasteiger partial charge in [0.2, 0.25) is 0 Å². The molecular formula is C15H25N3O2. The van der Waals surface area contributed by atoms with Gasteiger partial charge in [-0.1, -0.05) is 19.3 Å². The Labute approximate surface area is 120 Å². The Bertz CT molecular complexity index is 440. The van der Waals surface area contributed by atoms with E-state index in [4.69, 9.17) is 4.74 Å². The van der Waals surface area contributed by atoms with Crippen LogP contribution >= 0.6 is 0 Å². The van der Waals surface area contributed by atoms with E-state index in [1.807, 2.05) is 13.1 Å². The zero-order valence-electron chi connectivity index (χ0n) is 12.3. The molecule has 0 bridgehead atoms. The Morgan fingerprint density at radius 1 is 1.45 bits per heavy atom. The number of aromatic nitrogens is 2. The SMILES string of the molecule is Cc1cnc(C2COCCN2CC2(O)CCCCC2)[nH]1. The number of nitrogens with zero attached hydrogens (tertiary/aromatic N) is 2. The summed E-state index contributed by atoms with van der Waals surface area (Å²) in [6.45, 7) is 5.02. The molecule has 112 valence electrons. The number of aliphatic hydroxyl groups is 1. The van der Waals surface area contributed by atoms with Crippen LogP contribution in [-0.4, -0.2) is 51.9 Å². The molecule has 2 aliphatic rings. The lowest BCUT2D eigenvalue weighted by Gasteiger charge is -2.41. The maximum atomic E-state index is 10.8. The Morgan fingerprint density at radius 2 is 2.25 bits per heavy atom. The molecule has 5 nitrogen and oxygen atoms in total. The van der Waals surface area contributed by atoms with Gasteiger partial charge < -0.3 is 14.8 Å². The first-order valence-corrected chi connectivity index (χ1v) is 7.72. The molecule has 1 saturated heterocycles. The smallest absolute Gasteiger partial charge is 0.126 e. The van der Waals surface area contributed by atoms with Gasteiger partial charge in [-0.25, -0.2) is 4.98 Å². The van der Waals surface area contributed by atoms with Crippen molar-refractivity contribution in [3.63, 3.8) is 0 Å². The van der Waals surface area contributed by atoms with Crippen LogP contribution in [0, 0.1) is 6.92 Å². The van der Waals surface area contributed by atoms with E-state index in [0.717, 1.165) is 56.9 Å². The van der Waals surface area contributed by atoms with E-state index in [1.54, 1.807) is 0 Å². The molecule has 1 aromatic rings. The molecule has 2 fully saturated rings. The molecule has 3 rings (SSSR count). The first kappa shape index (κ1) is 14.0. The average Bonchev–Trinajstić information content (AvgIpc) is 2.86. The van der Waals surface area contributed by atoms with E-state index in [9.17, 15) is 5.11 Å². The number of morpholine rings is 1. The first-order valence-electron chi connectivity index (χ1n) is 7.72. The van der Waals surface area contributed by atoms with Crippen LogP contribution in [0.25, 0.3) is 0 Å². The minimum absolute atomic E-state index is 0.142. The molecular weight excluding hydrogens is 254 g/mol. The van der Waals surface area contributed by atoms with E-state index < -0.39 is 5.60 Å². The van der Waals surface area contributed by atoms with Crippen LogP contribution in [0.3, 0.4) is 0 Å². The lowest BCUT2D eigenvalue weighted by atomic mass is 9.84. The van der Waals surface area contributed by atoms with Crippen LogP contribution < -0.4 is 0 Å². The predicted octanol–water partition coefficient (Wildman–Crippen LogP) is 1.79. The summed E-state index contributed by atoms with van der Waals surface area (Å²) in [5, 5.41) is 10.8. The molecule has 1 saturated carbocycles. The Morgan fingerprint density at radius 3 is 2.95 bits per heavy atom. The number of aryl methyl sites for hydroxylation is 1. The fourth-order valence-electron chi connectivity index (χ4n) is 3.43. The van der Waals surface area contributed by atoms with Crippen molar-refractivity contribution in [3.05, 3.63) is 17.7 Å². The molecule has 2 N–H and O–H groups in total. The number of nitrogens with one attached hydrogen (secondary N) is 1. The minimum Gasteiger partial charge on any atom is -0.389 e. The van der Waals surface area contributed by atoms with Gasteiger partial charge in [0.1, 0.15) is 5.82 Å². The fourth-order valence-corrected chi connectivity index (χ4v) is 3.43. The quantitative estimate of drug-likeness (QED) is 0.885. The van der Waals surface area contributed by atoms with E-state index in [-0.39, 0.29) is 6.04 Å².